The van der Waals surface area contributed by atoms with Gasteiger partial charge in [0.25, 0.3) is 5.91 Å². The van der Waals surface area contributed by atoms with Crippen molar-refractivity contribution in [2.24, 2.45) is 11.8 Å². The molecule has 3 heterocycles. The molecule has 1 saturated heterocycles. The van der Waals surface area contributed by atoms with Crippen molar-refractivity contribution in [3.8, 4) is 5.75 Å². The molecule has 0 unspecified atom stereocenters. The molecule has 0 aromatic heterocycles. The van der Waals surface area contributed by atoms with Gasteiger partial charge in [-0.1, -0.05) is 36.7 Å². The predicted molar refractivity (Wildman–Crippen MR) is 192 cm³/mol. The number of rotatable bonds is 4. The molecule has 2 aromatic carbocycles. The molecule has 1 spiro atoms. The van der Waals surface area contributed by atoms with E-state index in [1.807, 2.05) is 25.1 Å². The Morgan fingerprint density at radius 1 is 1.12 bits per heavy atom. The van der Waals surface area contributed by atoms with Gasteiger partial charge in [-0.25, -0.2) is 13.1 Å². The third-order valence-corrected chi connectivity index (χ3v) is 13.7. The van der Waals surface area contributed by atoms with Gasteiger partial charge in [0.2, 0.25) is 15.9 Å². The van der Waals surface area contributed by atoms with E-state index in [-0.39, 0.29) is 41.4 Å². The van der Waals surface area contributed by atoms with E-state index in [2.05, 4.69) is 21.8 Å². The van der Waals surface area contributed by atoms with Crippen LogP contribution in [0, 0.1) is 11.8 Å². The van der Waals surface area contributed by atoms with E-state index in [9.17, 15) is 18.0 Å². The van der Waals surface area contributed by atoms with E-state index >= 15 is 0 Å². The van der Waals surface area contributed by atoms with Gasteiger partial charge in [-0.05, 0) is 105 Å². The molecule has 0 radical (unpaired) electrons. The van der Waals surface area contributed by atoms with E-state index < -0.39 is 21.2 Å². The van der Waals surface area contributed by atoms with Gasteiger partial charge in [-0.2, -0.15) is 0 Å². The van der Waals surface area contributed by atoms with Crippen molar-refractivity contribution in [3.05, 3.63) is 70.3 Å². The van der Waals surface area contributed by atoms with Crippen LogP contribution in [0.4, 0.5) is 5.69 Å². The number of anilines is 1. The Bertz CT molecular complexity index is 1730. The standard InChI is InChI=1S/C38H48ClN3O7S/c1-2-30-7-3-4-8-34(48-23-36(43)41-16-18-47-19-17-41)31-12-9-28(31)22-42-24-38(15-5-6-26-20-29(39)11-13-32(26)38)25-49-35-14-10-27(21-33(35)42)37(44)40-50(30,45)46/h4,8,10-11,13-14,20-21,28,30-31,34H,2-3,5-7,9,12,15-19,22-25H2,1H3,(H,40,44)/b8-4+/t28-,30+,31+,34-,38-/m0/s1. The lowest BCUT2D eigenvalue weighted by Crippen LogP contribution is -2.50. The molecule has 1 N–H and O–H groups in total. The van der Waals surface area contributed by atoms with Gasteiger partial charge in [0.1, 0.15) is 12.4 Å². The van der Waals surface area contributed by atoms with E-state index in [1.165, 1.54) is 11.1 Å². The summed E-state index contributed by atoms with van der Waals surface area (Å²) in [5, 5.41) is -0.00817. The normalized spacial score (nSPS) is 30.2. The van der Waals surface area contributed by atoms with Gasteiger partial charge in [0, 0.05) is 42.2 Å². The molecule has 7 rings (SSSR count). The van der Waals surface area contributed by atoms with Crippen LogP contribution in [0.25, 0.3) is 0 Å². The van der Waals surface area contributed by atoms with Gasteiger partial charge in [-0.15, -0.1) is 0 Å². The highest BCUT2D eigenvalue weighted by Gasteiger charge is 2.45. The number of sulfonamides is 1. The Kier molecular flexibility index (Phi) is 10.5. The Labute approximate surface area is 300 Å². The second-order valence-electron chi connectivity index (χ2n) is 14.6. The van der Waals surface area contributed by atoms with Crippen molar-refractivity contribution in [2.45, 2.75) is 75.1 Å². The monoisotopic (exact) mass is 725 g/mol. The number of carbonyl (C=O) groups is 2. The van der Waals surface area contributed by atoms with E-state index in [4.69, 9.17) is 25.8 Å². The van der Waals surface area contributed by atoms with Crippen LogP contribution in [0.3, 0.4) is 0 Å². The molecule has 5 aliphatic rings. The van der Waals surface area contributed by atoms with Crippen molar-refractivity contribution in [2.75, 3.05) is 57.5 Å². The molecule has 2 fully saturated rings. The van der Waals surface area contributed by atoms with Crippen molar-refractivity contribution in [3.63, 3.8) is 0 Å². The summed E-state index contributed by atoms with van der Waals surface area (Å²) < 4.78 is 47.8. The van der Waals surface area contributed by atoms with E-state index in [0.717, 1.165) is 42.8 Å². The number of allylic oxidation sites excluding steroid dienone is 1. The SMILES string of the molecule is CC[C@@H]1CC/C=C/[C@H](OCC(=O)N2CCOCC2)[C@@H]2CC[C@H]2CN2C[C@@]3(CCCc4cc(Cl)ccc43)COc3ccc(cc32)C(=O)NS1(=O)=O. The Morgan fingerprint density at radius 2 is 1.96 bits per heavy atom. The van der Waals surface area contributed by atoms with Crippen LogP contribution in [0.5, 0.6) is 5.75 Å². The molecule has 12 heteroatoms. The number of morpholine rings is 1. The first kappa shape index (κ1) is 35.3. The summed E-state index contributed by atoms with van der Waals surface area (Å²) in [5.74, 6) is 0.449. The number of ether oxygens (including phenoxy) is 3. The van der Waals surface area contributed by atoms with Gasteiger partial charge >= 0.3 is 0 Å². The molecule has 1 saturated carbocycles. The second kappa shape index (κ2) is 14.9. The quantitative estimate of drug-likeness (QED) is 0.425. The minimum atomic E-state index is -3.94. The topological polar surface area (TPSA) is 114 Å². The molecule has 3 aliphatic heterocycles. The number of hydrogen-bond donors (Lipinski definition) is 1. The smallest absolute Gasteiger partial charge is 0.264 e. The molecule has 2 bridgehead atoms. The summed E-state index contributed by atoms with van der Waals surface area (Å²) in [7, 11) is -3.94. The fourth-order valence-electron chi connectivity index (χ4n) is 8.55. The molecular formula is C38H48ClN3O7S. The molecule has 270 valence electrons. The number of nitrogens with zero attached hydrogens (tertiary/aromatic N) is 2. The molecule has 50 heavy (non-hydrogen) atoms. The minimum Gasteiger partial charge on any atom is -0.490 e. The van der Waals surface area contributed by atoms with Crippen LogP contribution in [-0.4, -0.2) is 89.1 Å². The first-order valence-electron chi connectivity index (χ1n) is 18.2. The average Bonchev–Trinajstić information content (AvgIpc) is 3.25. The third-order valence-electron chi connectivity index (χ3n) is 11.5. The van der Waals surface area contributed by atoms with Crippen LogP contribution < -0.4 is 14.4 Å². The summed E-state index contributed by atoms with van der Waals surface area (Å²) >= 11 is 6.45. The first-order valence-corrected chi connectivity index (χ1v) is 20.1. The number of hydrogen-bond acceptors (Lipinski definition) is 8. The zero-order valence-electron chi connectivity index (χ0n) is 28.8. The van der Waals surface area contributed by atoms with Crippen molar-refractivity contribution in [1.82, 2.24) is 9.62 Å². The zero-order valence-corrected chi connectivity index (χ0v) is 30.4. The predicted octanol–water partition coefficient (Wildman–Crippen LogP) is 5.27. The number of fused-ring (bicyclic) bond motifs is 4. The van der Waals surface area contributed by atoms with Crippen LogP contribution in [0.15, 0.2) is 48.6 Å². The van der Waals surface area contributed by atoms with Gasteiger partial charge in [-0.3, -0.25) is 9.59 Å². The number of carbonyl (C=O) groups excluding carboxylic acids is 2. The number of aryl methyl sites for hydroxylation is 1. The fraction of sp³-hybridized carbons (Fsp3) is 0.579. The lowest BCUT2D eigenvalue weighted by Gasteiger charge is -2.46. The van der Waals surface area contributed by atoms with E-state index in [0.29, 0.717) is 71.0 Å². The number of nitrogens with one attached hydrogen (secondary N) is 1. The second-order valence-corrected chi connectivity index (χ2v) is 17.0. The van der Waals surface area contributed by atoms with Gasteiger partial charge in [0.05, 0.1) is 36.9 Å². The molecule has 10 nitrogen and oxygen atoms in total. The average molecular weight is 726 g/mol. The summed E-state index contributed by atoms with van der Waals surface area (Å²) in [6.45, 7) is 5.86. The first-order chi connectivity index (χ1) is 24.2. The van der Waals surface area contributed by atoms with Crippen molar-refractivity contribution < 1.29 is 32.2 Å². The molecule has 2 amide bonds. The number of amides is 2. The molecule has 2 aliphatic carbocycles. The fourth-order valence-corrected chi connectivity index (χ4v) is 10.2. The summed E-state index contributed by atoms with van der Waals surface area (Å²) in [5.41, 5.74) is 3.26. The Hall–Kier alpha value is -3.12. The van der Waals surface area contributed by atoms with Crippen molar-refractivity contribution >= 4 is 39.1 Å². The highest BCUT2D eigenvalue weighted by Crippen LogP contribution is 2.47. The Balaban J connectivity index is 1.24. The molecule has 5 atom stereocenters. The maximum Gasteiger partial charge on any atom is 0.264 e. The third kappa shape index (κ3) is 7.29. The largest absolute Gasteiger partial charge is 0.490 e. The van der Waals surface area contributed by atoms with Crippen molar-refractivity contribution in [1.29, 1.82) is 0 Å². The van der Waals surface area contributed by atoms with Crippen LogP contribution >= 0.6 is 11.6 Å². The lowest BCUT2D eigenvalue weighted by atomic mass is 9.68. The summed E-state index contributed by atoms with van der Waals surface area (Å²) in [6, 6.07) is 11.4. The van der Waals surface area contributed by atoms with Crippen LogP contribution in [-0.2, 0) is 36.1 Å². The van der Waals surface area contributed by atoms with Crippen LogP contribution in [0.2, 0.25) is 5.02 Å². The number of halogens is 1. The highest BCUT2D eigenvalue weighted by atomic mass is 35.5. The molecular weight excluding hydrogens is 678 g/mol. The van der Waals surface area contributed by atoms with Gasteiger partial charge in [0.15, 0.2) is 0 Å². The minimum absolute atomic E-state index is 0.0115. The van der Waals surface area contributed by atoms with E-state index in [1.54, 1.807) is 23.1 Å². The maximum absolute atomic E-state index is 13.5. The highest BCUT2D eigenvalue weighted by molar-refractivity contribution is 7.90. The zero-order chi connectivity index (χ0) is 34.9. The molecule has 2 aromatic rings. The summed E-state index contributed by atoms with van der Waals surface area (Å²) in [4.78, 5) is 30.8. The van der Waals surface area contributed by atoms with Gasteiger partial charge < -0.3 is 24.0 Å². The summed E-state index contributed by atoms with van der Waals surface area (Å²) in [6.07, 6.45) is 9.87. The maximum atomic E-state index is 13.5. The number of benzene rings is 2. The van der Waals surface area contributed by atoms with Crippen LogP contribution in [0.1, 0.15) is 73.4 Å². The lowest BCUT2D eigenvalue weighted by molar-refractivity contribution is -0.143. The Morgan fingerprint density at radius 3 is 2.74 bits per heavy atom.